The van der Waals surface area contributed by atoms with Gasteiger partial charge in [0.15, 0.2) is 0 Å². The van der Waals surface area contributed by atoms with Gasteiger partial charge in [-0.05, 0) is 6.92 Å². The Labute approximate surface area is 55.2 Å². The third-order valence-corrected chi connectivity index (χ3v) is 1.57. The van der Waals surface area contributed by atoms with Crippen molar-refractivity contribution in [2.45, 2.75) is 12.3 Å². The Morgan fingerprint density at radius 3 is 2.25 bits per heavy atom. The van der Waals surface area contributed by atoms with Crippen molar-refractivity contribution in [3.8, 4) is 0 Å². The minimum atomic E-state index is -0.241. The summed E-state index contributed by atoms with van der Waals surface area (Å²) < 4.78 is 0. The van der Waals surface area contributed by atoms with Crippen LogP contribution >= 0.6 is 12.6 Å². The zero-order valence-corrected chi connectivity index (χ0v) is 6.02. The van der Waals surface area contributed by atoms with Gasteiger partial charge in [-0.25, -0.2) is 0 Å². The summed E-state index contributed by atoms with van der Waals surface area (Å²) in [5.74, 6) is 0. The third kappa shape index (κ3) is 2.35. The molecule has 0 heterocycles. The van der Waals surface area contributed by atoms with Crippen molar-refractivity contribution in [2.75, 3.05) is 7.05 Å². The highest BCUT2D eigenvalue weighted by atomic mass is 32.1. The number of rotatable bonds is 2. The van der Waals surface area contributed by atoms with E-state index in [-0.39, 0.29) is 5.37 Å². The molecule has 0 bridgehead atoms. The Bertz CT molecular complexity index is 92.4. The van der Waals surface area contributed by atoms with Crippen molar-refractivity contribution < 1.29 is 5.21 Å². The molecule has 0 aromatic heterocycles. The van der Waals surface area contributed by atoms with Gasteiger partial charge in [-0.2, -0.15) is 17.7 Å². The first-order chi connectivity index (χ1) is 3.55. The van der Waals surface area contributed by atoms with E-state index >= 15 is 0 Å². The van der Waals surface area contributed by atoms with E-state index in [1.54, 1.807) is 0 Å². The molecule has 1 atom stereocenters. The van der Waals surface area contributed by atoms with Crippen LogP contribution in [0.25, 0.3) is 0 Å². The fourth-order valence-corrected chi connectivity index (χ4v) is 0.319. The van der Waals surface area contributed by atoms with Crippen LogP contribution < -0.4 is 0 Å². The molecule has 0 aliphatic rings. The van der Waals surface area contributed by atoms with E-state index in [4.69, 9.17) is 5.21 Å². The average Bonchev–Trinajstić information content (AvgIpc) is 1.64. The smallest absolute Gasteiger partial charge is 0.0976 e. The SMILES string of the molecule is C=C(C)C(S)N(C)O. The number of nitrogens with zero attached hydrogens (tertiary/aromatic N) is 1. The second-order valence-electron chi connectivity index (χ2n) is 1.79. The van der Waals surface area contributed by atoms with Crippen molar-refractivity contribution >= 4 is 12.6 Å². The van der Waals surface area contributed by atoms with Crippen LogP contribution in [-0.2, 0) is 0 Å². The largest absolute Gasteiger partial charge is 0.313 e. The van der Waals surface area contributed by atoms with Crippen molar-refractivity contribution in [3.63, 3.8) is 0 Å². The van der Waals surface area contributed by atoms with Crippen LogP contribution in [0.2, 0.25) is 0 Å². The monoisotopic (exact) mass is 133 g/mol. The molecule has 0 rings (SSSR count). The van der Waals surface area contributed by atoms with Crippen molar-refractivity contribution in [2.24, 2.45) is 0 Å². The first-order valence-corrected chi connectivity index (χ1v) is 2.82. The lowest BCUT2D eigenvalue weighted by molar-refractivity contribution is -0.0657. The fraction of sp³-hybridized carbons (Fsp3) is 0.600. The fourth-order valence-electron chi connectivity index (χ4n) is 0.319. The Morgan fingerprint density at radius 2 is 2.25 bits per heavy atom. The minimum Gasteiger partial charge on any atom is -0.313 e. The molecule has 0 spiro atoms. The standard InChI is InChI=1S/C5H11NOS/c1-4(2)5(8)6(3)7/h5,7-8H,1H2,2-3H3. The van der Waals surface area contributed by atoms with Gasteiger partial charge in [-0.3, -0.25) is 0 Å². The molecule has 1 N–H and O–H groups in total. The van der Waals surface area contributed by atoms with E-state index in [2.05, 4.69) is 19.2 Å². The lowest BCUT2D eigenvalue weighted by Crippen LogP contribution is -2.23. The topological polar surface area (TPSA) is 23.5 Å². The molecule has 8 heavy (non-hydrogen) atoms. The van der Waals surface area contributed by atoms with Gasteiger partial charge in [0.2, 0.25) is 0 Å². The number of hydroxylamine groups is 2. The van der Waals surface area contributed by atoms with Crippen LogP contribution in [0, 0.1) is 0 Å². The molecule has 0 saturated carbocycles. The molecule has 0 aromatic carbocycles. The van der Waals surface area contributed by atoms with Crippen LogP contribution in [0.15, 0.2) is 12.2 Å². The van der Waals surface area contributed by atoms with Gasteiger partial charge in [-0.1, -0.05) is 12.2 Å². The number of thiol groups is 1. The Hall–Kier alpha value is 0.01000. The maximum atomic E-state index is 8.69. The maximum Gasteiger partial charge on any atom is 0.0976 e. The molecule has 1 unspecified atom stereocenters. The highest BCUT2D eigenvalue weighted by molar-refractivity contribution is 7.81. The molecular formula is C5H11NOS. The molecule has 0 amide bonds. The summed E-state index contributed by atoms with van der Waals surface area (Å²) in [6.07, 6.45) is 0. The molecule has 0 radical (unpaired) electrons. The van der Waals surface area contributed by atoms with E-state index in [1.165, 1.54) is 7.05 Å². The lowest BCUT2D eigenvalue weighted by Gasteiger charge is -2.15. The van der Waals surface area contributed by atoms with Gasteiger partial charge in [0.25, 0.3) is 0 Å². The second-order valence-corrected chi connectivity index (χ2v) is 2.28. The third-order valence-electron chi connectivity index (χ3n) is 0.795. The van der Waals surface area contributed by atoms with Crippen LogP contribution in [0.4, 0.5) is 0 Å². The molecule has 2 nitrogen and oxygen atoms in total. The van der Waals surface area contributed by atoms with E-state index in [9.17, 15) is 0 Å². The summed E-state index contributed by atoms with van der Waals surface area (Å²) >= 11 is 4.00. The van der Waals surface area contributed by atoms with Crippen LogP contribution in [-0.4, -0.2) is 22.7 Å². The van der Waals surface area contributed by atoms with Crippen LogP contribution in [0.3, 0.4) is 0 Å². The predicted molar refractivity (Wildman–Crippen MR) is 37.1 cm³/mol. The molecule has 0 aliphatic carbocycles. The summed E-state index contributed by atoms with van der Waals surface area (Å²) in [6, 6.07) is 0. The Balaban J connectivity index is 3.64. The molecule has 0 saturated heterocycles. The maximum absolute atomic E-state index is 8.69. The van der Waals surface area contributed by atoms with Gasteiger partial charge in [0.1, 0.15) is 0 Å². The molecule has 3 heteroatoms. The highest BCUT2D eigenvalue weighted by Crippen LogP contribution is 2.06. The lowest BCUT2D eigenvalue weighted by atomic mass is 10.3. The zero-order chi connectivity index (χ0) is 6.73. The van der Waals surface area contributed by atoms with Gasteiger partial charge < -0.3 is 5.21 Å². The Kier molecular flexibility index (Phi) is 3.12. The first kappa shape index (κ1) is 8.01. The quantitative estimate of drug-likeness (QED) is 0.255. The normalized spacial score (nSPS) is 14.1. The van der Waals surface area contributed by atoms with E-state index in [1.807, 2.05) is 6.92 Å². The van der Waals surface area contributed by atoms with Crippen LogP contribution in [0.5, 0.6) is 0 Å². The molecule has 48 valence electrons. The van der Waals surface area contributed by atoms with Gasteiger partial charge in [0.05, 0.1) is 5.37 Å². The van der Waals surface area contributed by atoms with E-state index in [0.29, 0.717) is 0 Å². The molecular weight excluding hydrogens is 122 g/mol. The Morgan fingerprint density at radius 1 is 1.88 bits per heavy atom. The van der Waals surface area contributed by atoms with Gasteiger partial charge in [0, 0.05) is 7.05 Å². The number of hydrogen-bond donors (Lipinski definition) is 2. The summed E-state index contributed by atoms with van der Waals surface area (Å²) in [5, 5.41) is 9.45. The van der Waals surface area contributed by atoms with E-state index in [0.717, 1.165) is 10.6 Å². The van der Waals surface area contributed by atoms with Crippen molar-refractivity contribution in [3.05, 3.63) is 12.2 Å². The molecule has 0 aromatic rings. The minimum absolute atomic E-state index is 0.241. The number of likely N-dealkylation sites (N-methyl/N-ethyl adjacent to an activating group) is 1. The summed E-state index contributed by atoms with van der Waals surface area (Å²) in [6.45, 7) is 5.41. The van der Waals surface area contributed by atoms with Gasteiger partial charge >= 0.3 is 0 Å². The van der Waals surface area contributed by atoms with Gasteiger partial charge in [-0.15, -0.1) is 0 Å². The number of hydrogen-bond acceptors (Lipinski definition) is 3. The second kappa shape index (κ2) is 3.12. The van der Waals surface area contributed by atoms with Crippen molar-refractivity contribution in [1.82, 2.24) is 5.06 Å². The molecule has 0 aliphatic heterocycles. The molecule has 0 fully saturated rings. The summed E-state index contributed by atoms with van der Waals surface area (Å²) in [4.78, 5) is 0. The predicted octanol–water partition coefficient (Wildman–Crippen LogP) is 1.14. The highest BCUT2D eigenvalue weighted by Gasteiger charge is 2.05. The average molecular weight is 133 g/mol. The zero-order valence-electron chi connectivity index (χ0n) is 5.13. The van der Waals surface area contributed by atoms with Crippen LogP contribution in [0.1, 0.15) is 6.92 Å². The summed E-state index contributed by atoms with van der Waals surface area (Å²) in [5.41, 5.74) is 0.832. The summed E-state index contributed by atoms with van der Waals surface area (Å²) in [7, 11) is 1.53. The van der Waals surface area contributed by atoms with E-state index < -0.39 is 0 Å². The first-order valence-electron chi connectivity index (χ1n) is 2.31. The van der Waals surface area contributed by atoms with Crippen molar-refractivity contribution in [1.29, 1.82) is 0 Å².